The van der Waals surface area contributed by atoms with E-state index in [0.717, 1.165) is 11.1 Å². The quantitative estimate of drug-likeness (QED) is 0.160. The first-order valence-electron chi connectivity index (χ1n) is 15.1. The minimum Gasteiger partial charge on any atom is -0.507 e. The summed E-state index contributed by atoms with van der Waals surface area (Å²) in [7, 11) is 1.52. The number of aromatic hydroxyl groups is 1. The number of phenols is 1. The molecule has 4 aromatic carbocycles. The van der Waals surface area contributed by atoms with Gasteiger partial charge >= 0.3 is 11.9 Å². The van der Waals surface area contributed by atoms with Crippen LogP contribution in [0.2, 0.25) is 0 Å². The average molecular weight is 637 g/mol. The Morgan fingerprint density at radius 3 is 1.94 bits per heavy atom. The maximum Gasteiger partial charge on any atom is 0.315 e. The number of hydrogen-bond donors (Lipinski definition) is 3. The number of hydrazone groups is 1. The summed E-state index contributed by atoms with van der Waals surface area (Å²) in [5.74, 6) is -5.31. The SMILES string of the molecule is COc1ccc(C2C(C(=O)OCc3ccccc3)/C(=N\NC(=O)c3ccccc3O)CC(C)(O)C2C(=O)OCc2ccccc2)cc1. The zero-order valence-corrected chi connectivity index (χ0v) is 26.0. The standard InChI is InChI=1S/C37H36N2O8/c1-37(44)21-29(38-39-34(41)28-15-9-10-16-30(28)40)32(35(42)46-22-24-11-5-3-6-12-24)31(26-17-19-27(45-2)20-18-26)33(37)36(43)47-23-25-13-7-4-8-14-25/h3-20,31-33,40,44H,21-23H2,1-2H3,(H,39,41)/b38-29-. The summed E-state index contributed by atoms with van der Waals surface area (Å²) in [5.41, 5.74) is 2.73. The fraction of sp³-hybridized carbons (Fsp3) is 0.243. The molecule has 1 amide bonds. The van der Waals surface area contributed by atoms with Crippen LogP contribution in [0, 0.1) is 11.8 Å². The van der Waals surface area contributed by atoms with Gasteiger partial charge in [-0.2, -0.15) is 5.10 Å². The van der Waals surface area contributed by atoms with E-state index in [9.17, 15) is 24.6 Å². The highest BCUT2D eigenvalue weighted by Crippen LogP contribution is 2.47. The number of phenolic OH excluding ortho intramolecular Hbond substituents is 1. The Bertz CT molecular complexity index is 1720. The summed E-state index contributed by atoms with van der Waals surface area (Å²) in [4.78, 5) is 41.1. The highest BCUT2D eigenvalue weighted by atomic mass is 16.5. The molecule has 4 aromatic rings. The molecule has 0 radical (unpaired) electrons. The van der Waals surface area contributed by atoms with Gasteiger partial charge in [0.25, 0.3) is 5.91 Å². The molecule has 4 atom stereocenters. The van der Waals surface area contributed by atoms with E-state index in [0.29, 0.717) is 11.3 Å². The van der Waals surface area contributed by atoms with Crippen molar-refractivity contribution in [3.63, 3.8) is 0 Å². The Labute approximate surface area is 272 Å². The lowest BCUT2D eigenvalue weighted by Gasteiger charge is -2.45. The number of carbonyl (C=O) groups is 3. The van der Waals surface area contributed by atoms with E-state index in [2.05, 4.69) is 10.5 Å². The largest absolute Gasteiger partial charge is 0.507 e. The lowest BCUT2D eigenvalue weighted by atomic mass is 9.61. The minimum atomic E-state index is -1.77. The molecule has 0 aliphatic heterocycles. The monoisotopic (exact) mass is 636 g/mol. The number of hydrogen-bond acceptors (Lipinski definition) is 9. The first-order chi connectivity index (χ1) is 22.7. The van der Waals surface area contributed by atoms with Crippen molar-refractivity contribution in [2.24, 2.45) is 16.9 Å². The zero-order chi connectivity index (χ0) is 33.4. The van der Waals surface area contributed by atoms with Gasteiger partial charge in [-0.05, 0) is 47.9 Å². The lowest BCUT2D eigenvalue weighted by molar-refractivity contribution is -0.165. The highest BCUT2D eigenvalue weighted by Gasteiger charge is 2.56. The molecule has 0 saturated heterocycles. The van der Waals surface area contributed by atoms with Crippen molar-refractivity contribution in [3.05, 3.63) is 131 Å². The number of rotatable bonds is 10. The molecule has 0 bridgehead atoms. The topological polar surface area (TPSA) is 144 Å². The van der Waals surface area contributed by atoms with E-state index in [4.69, 9.17) is 14.2 Å². The van der Waals surface area contributed by atoms with Crippen molar-refractivity contribution in [2.75, 3.05) is 7.11 Å². The van der Waals surface area contributed by atoms with Crippen LogP contribution in [0.15, 0.2) is 114 Å². The smallest absolute Gasteiger partial charge is 0.315 e. The van der Waals surface area contributed by atoms with Crippen molar-refractivity contribution in [2.45, 2.75) is 38.1 Å². The molecule has 1 saturated carbocycles. The molecule has 10 nitrogen and oxygen atoms in total. The second-order valence-electron chi connectivity index (χ2n) is 11.5. The van der Waals surface area contributed by atoms with Crippen LogP contribution in [-0.4, -0.2) is 46.5 Å². The molecule has 4 unspecified atom stereocenters. The molecule has 47 heavy (non-hydrogen) atoms. The third-order valence-corrected chi connectivity index (χ3v) is 8.19. The van der Waals surface area contributed by atoms with Gasteiger partial charge in [-0.1, -0.05) is 84.9 Å². The van der Waals surface area contributed by atoms with Gasteiger partial charge in [-0.25, -0.2) is 5.43 Å². The minimum absolute atomic E-state index is 0.0308. The molecule has 3 N–H and O–H groups in total. The van der Waals surface area contributed by atoms with Crippen LogP contribution in [-0.2, 0) is 32.3 Å². The van der Waals surface area contributed by atoms with Crippen molar-refractivity contribution < 1.29 is 38.8 Å². The number of methoxy groups -OCH3 is 1. The third-order valence-electron chi connectivity index (χ3n) is 8.19. The van der Waals surface area contributed by atoms with Gasteiger partial charge in [-0.15, -0.1) is 0 Å². The molecular formula is C37H36N2O8. The van der Waals surface area contributed by atoms with Gasteiger partial charge in [0.2, 0.25) is 0 Å². The van der Waals surface area contributed by atoms with Crippen molar-refractivity contribution in [1.82, 2.24) is 5.43 Å². The Balaban J connectivity index is 1.56. The van der Waals surface area contributed by atoms with Crippen molar-refractivity contribution in [3.8, 4) is 11.5 Å². The molecular weight excluding hydrogens is 600 g/mol. The molecule has 1 fully saturated rings. The number of nitrogens with zero attached hydrogens (tertiary/aromatic N) is 1. The van der Waals surface area contributed by atoms with E-state index >= 15 is 0 Å². The summed E-state index contributed by atoms with van der Waals surface area (Å²) < 4.78 is 16.9. The number of amides is 1. The maximum atomic E-state index is 14.1. The second-order valence-corrected chi connectivity index (χ2v) is 11.5. The number of carbonyl (C=O) groups excluding carboxylic acids is 3. The fourth-order valence-corrected chi connectivity index (χ4v) is 5.86. The third kappa shape index (κ3) is 7.85. The normalized spacial score (nSPS) is 21.4. The Morgan fingerprint density at radius 1 is 0.809 bits per heavy atom. The average Bonchev–Trinajstić information content (AvgIpc) is 3.09. The first-order valence-corrected chi connectivity index (χ1v) is 15.1. The molecule has 242 valence electrons. The number of benzene rings is 4. The van der Waals surface area contributed by atoms with E-state index in [1.165, 1.54) is 26.2 Å². The summed E-state index contributed by atoms with van der Waals surface area (Å²) >= 11 is 0. The number of nitrogens with one attached hydrogen (secondary N) is 1. The van der Waals surface area contributed by atoms with Gasteiger partial charge in [0, 0.05) is 12.3 Å². The number of para-hydroxylation sites is 1. The van der Waals surface area contributed by atoms with E-state index < -0.39 is 41.2 Å². The number of aliphatic hydroxyl groups is 1. The van der Waals surface area contributed by atoms with E-state index in [-0.39, 0.29) is 36.7 Å². The fourth-order valence-electron chi connectivity index (χ4n) is 5.86. The molecule has 1 aliphatic rings. The summed E-state index contributed by atoms with van der Waals surface area (Å²) in [5, 5.41) is 26.4. The molecule has 0 heterocycles. The second kappa shape index (κ2) is 14.7. The van der Waals surface area contributed by atoms with Crippen LogP contribution in [0.5, 0.6) is 11.5 Å². The van der Waals surface area contributed by atoms with Crippen LogP contribution < -0.4 is 10.2 Å². The van der Waals surface area contributed by atoms with Crippen LogP contribution in [0.3, 0.4) is 0 Å². The van der Waals surface area contributed by atoms with Gasteiger partial charge in [0.1, 0.15) is 30.6 Å². The lowest BCUT2D eigenvalue weighted by Crippen LogP contribution is -2.55. The molecule has 0 spiro atoms. The van der Waals surface area contributed by atoms with Crippen LogP contribution in [0.1, 0.15) is 46.3 Å². The van der Waals surface area contributed by atoms with Crippen LogP contribution in [0.4, 0.5) is 0 Å². The molecule has 0 aromatic heterocycles. The molecule has 1 aliphatic carbocycles. The Kier molecular flexibility index (Phi) is 10.3. The highest BCUT2D eigenvalue weighted by molar-refractivity contribution is 6.06. The Hall–Kier alpha value is -5.48. The van der Waals surface area contributed by atoms with E-state index in [1.807, 2.05) is 60.7 Å². The molecule has 10 heteroatoms. The van der Waals surface area contributed by atoms with Crippen LogP contribution >= 0.6 is 0 Å². The summed E-state index contributed by atoms with van der Waals surface area (Å²) in [6, 6.07) is 31.0. The molecule has 5 rings (SSSR count). The van der Waals surface area contributed by atoms with Gasteiger partial charge in [-0.3, -0.25) is 14.4 Å². The predicted molar refractivity (Wildman–Crippen MR) is 173 cm³/mol. The summed E-state index contributed by atoms with van der Waals surface area (Å²) in [6.07, 6.45) is -0.267. The Morgan fingerprint density at radius 2 is 1.36 bits per heavy atom. The predicted octanol–water partition coefficient (Wildman–Crippen LogP) is 5.14. The number of ether oxygens (including phenoxy) is 3. The van der Waals surface area contributed by atoms with Gasteiger partial charge in [0.05, 0.1) is 29.9 Å². The maximum absolute atomic E-state index is 14.1. The first kappa shape index (κ1) is 32.9. The number of esters is 2. The van der Waals surface area contributed by atoms with Gasteiger partial charge in [0.15, 0.2) is 0 Å². The van der Waals surface area contributed by atoms with Gasteiger partial charge < -0.3 is 24.4 Å². The van der Waals surface area contributed by atoms with Crippen molar-refractivity contribution in [1.29, 1.82) is 0 Å². The van der Waals surface area contributed by atoms with Crippen LogP contribution in [0.25, 0.3) is 0 Å². The van der Waals surface area contributed by atoms with Crippen molar-refractivity contribution >= 4 is 23.6 Å². The summed E-state index contributed by atoms with van der Waals surface area (Å²) in [6.45, 7) is 1.38. The van der Waals surface area contributed by atoms with E-state index in [1.54, 1.807) is 36.4 Å². The zero-order valence-electron chi connectivity index (χ0n) is 26.0.